The maximum absolute atomic E-state index is 5.00. The molecule has 0 spiro atoms. The van der Waals surface area contributed by atoms with Crippen LogP contribution >= 0.6 is 0 Å². The number of ether oxygens (including phenoxy) is 1. The van der Waals surface area contributed by atoms with E-state index >= 15 is 0 Å². The van der Waals surface area contributed by atoms with Crippen LogP contribution in [-0.2, 0) is 4.74 Å². The smallest absolute Gasteiger partial charge is 0.0462 e. The Morgan fingerprint density at radius 3 is 2.40 bits per heavy atom. The lowest BCUT2D eigenvalue weighted by Gasteiger charge is -2.24. The fourth-order valence-corrected chi connectivity index (χ4v) is 1.25. The molecule has 0 radical (unpaired) electrons. The van der Waals surface area contributed by atoms with Gasteiger partial charge in [-0.2, -0.15) is 0 Å². The van der Waals surface area contributed by atoms with Gasteiger partial charge in [0.25, 0.3) is 0 Å². The van der Waals surface area contributed by atoms with Gasteiger partial charge in [0, 0.05) is 31.8 Å². The highest BCUT2D eigenvalue weighted by Gasteiger charge is 2.10. The van der Waals surface area contributed by atoms with E-state index in [1.54, 1.807) is 7.11 Å². The first-order valence-electron chi connectivity index (χ1n) is 5.93. The predicted octanol–water partition coefficient (Wildman–Crippen LogP) is 1.78. The second-order valence-corrected chi connectivity index (χ2v) is 5.19. The monoisotopic (exact) mass is 216 g/mol. The third-order valence-corrected chi connectivity index (χ3v) is 2.21. The Hall–Kier alpha value is -0.120. The van der Waals surface area contributed by atoms with Crippen molar-refractivity contribution in [2.75, 3.05) is 26.8 Å². The quantitative estimate of drug-likeness (QED) is 0.607. The number of hydrogen-bond acceptors (Lipinski definition) is 3. The molecule has 3 heteroatoms. The zero-order valence-corrected chi connectivity index (χ0v) is 11.0. The van der Waals surface area contributed by atoms with Crippen molar-refractivity contribution in [1.82, 2.24) is 10.6 Å². The molecular weight excluding hydrogens is 188 g/mol. The Labute approximate surface area is 95.0 Å². The lowest BCUT2D eigenvalue weighted by atomic mass is 10.1. The van der Waals surface area contributed by atoms with Crippen molar-refractivity contribution >= 4 is 0 Å². The standard InChI is InChI=1S/C12H28N2O/c1-11(10-14-12(2,3)4)13-8-6-7-9-15-5/h11,13-14H,6-10H2,1-5H3. The van der Waals surface area contributed by atoms with Gasteiger partial charge in [0.15, 0.2) is 0 Å². The van der Waals surface area contributed by atoms with E-state index in [0.717, 1.165) is 26.1 Å². The maximum Gasteiger partial charge on any atom is 0.0462 e. The van der Waals surface area contributed by atoms with Gasteiger partial charge in [0.05, 0.1) is 0 Å². The van der Waals surface area contributed by atoms with Crippen LogP contribution in [0.2, 0.25) is 0 Å². The van der Waals surface area contributed by atoms with E-state index in [1.807, 2.05) is 0 Å². The van der Waals surface area contributed by atoms with Crippen molar-refractivity contribution < 1.29 is 4.74 Å². The number of nitrogens with one attached hydrogen (secondary N) is 2. The van der Waals surface area contributed by atoms with Crippen molar-refractivity contribution in [3.05, 3.63) is 0 Å². The summed E-state index contributed by atoms with van der Waals surface area (Å²) in [6.07, 6.45) is 2.33. The van der Waals surface area contributed by atoms with Gasteiger partial charge < -0.3 is 15.4 Å². The van der Waals surface area contributed by atoms with E-state index in [0.29, 0.717) is 6.04 Å². The molecule has 0 aliphatic rings. The molecule has 0 bridgehead atoms. The van der Waals surface area contributed by atoms with Crippen LogP contribution in [0.25, 0.3) is 0 Å². The molecule has 15 heavy (non-hydrogen) atoms. The zero-order valence-electron chi connectivity index (χ0n) is 11.0. The third kappa shape index (κ3) is 11.8. The van der Waals surface area contributed by atoms with Crippen LogP contribution in [0.4, 0.5) is 0 Å². The fourth-order valence-electron chi connectivity index (χ4n) is 1.25. The van der Waals surface area contributed by atoms with E-state index < -0.39 is 0 Å². The first-order valence-corrected chi connectivity index (χ1v) is 5.93. The van der Waals surface area contributed by atoms with E-state index in [-0.39, 0.29) is 5.54 Å². The van der Waals surface area contributed by atoms with Crippen molar-refractivity contribution in [2.24, 2.45) is 0 Å². The molecule has 0 aromatic rings. The highest BCUT2D eigenvalue weighted by Crippen LogP contribution is 1.98. The average molecular weight is 216 g/mol. The predicted molar refractivity (Wildman–Crippen MR) is 66.3 cm³/mol. The molecule has 0 amide bonds. The minimum Gasteiger partial charge on any atom is -0.385 e. The number of hydrogen-bond donors (Lipinski definition) is 2. The van der Waals surface area contributed by atoms with Crippen LogP contribution in [0.1, 0.15) is 40.5 Å². The molecule has 0 aliphatic heterocycles. The molecule has 0 saturated carbocycles. The molecular formula is C12H28N2O. The van der Waals surface area contributed by atoms with Crippen molar-refractivity contribution in [1.29, 1.82) is 0 Å². The van der Waals surface area contributed by atoms with Gasteiger partial charge in [-0.1, -0.05) is 0 Å². The molecule has 0 aromatic carbocycles. The minimum absolute atomic E-state index is 0.214. The first kappa shape index (κ1) is 14.9. The topological polar surface area (TPSA) is 33.3 Å². The van der Waals surface area contributed by atoms with Gasteiger partial charge in [0.1, 0.15) is 0 Å². The Kier molecular flexibility index (Phi) is 8.02. The lowest BCUT2D eigenvalue weighted by Crippen LogP contribution is -2.44. The van der Waals surface area contributed by atoms with Crippen molar-refractivity contribution in [3.63, 3.8) is 0 Å². The van der Waals surface area contributed by atoms with Gasteiger partial charge in [0.2, 0.25) is 0 Å². The highest BCUT2D eigenvalue weighted by molar-refractivity contribution is 4.74. The molecule has 0 aliphatic carbocycles. The first-order chi connectivity index (χ1) is 6.95. The molecule has 3 nitrogen and oxygen atoms in total. The summed E-state index contributed by atoms with van der Waals surface area (Å²) in [5.41, 5.74) is 0.214. The van der Waals surface area contributed by atoms with Crippen molar-refractivity contribution in [3.8, 4) is 0 Å². The number of unbranched alkanes of at least 4 members (excludes halogenated alkanes) is 1. The maximum atomic E-state index is 5.00. The van der Waals surface area contributed by atoms with Crippen LogP contribution in [0.5, 0.6) is 0 Å². The molecule has 1 unspecified atom stereocenters. The van der Waals surface area contributed by atoms with Gasteiger partial charge >= 0.3 is 0 Å². The van der Waals surface area contributed by atoms with E-state index in [2.05, 4.69) is 38.3 Å². The third-order valence-electron chi connectivity index (χ3n) is 2.21. The summed E-state index contributed by atoms with van der Waals surface area (Å²) >= 11 is 0. The second-order valence-electron chi connectivity index (χ2n) is 5.19. The second kappa shape index (κ2) is 8.08. The van der Waals surface area contributed by atoms with Crippen LogP contribution in [0.15, 0.2) is 0 Å². The van der Waals surface area contributed by atoms with E-state index in [4.69, 9.17) is 4.74 Å². The molecule has 0 saturated heterocycles. The normalized spacial score (nSPS) is 14.2. The fraction of sp³-hybridized carbons (Fsp3) is 1.00. The summed E-state index contributed by atoms with van der Waals surface area (Å²) in [6.45, 7) is 11.8. The molecule has 0 rings (SSSR count). The molecule has 2 N–H and O–H groups in total. The van der Waals surface area contributed by atoms with Crippen LogP contribution in [0, 0.1) is 0 Å². The summed E-state index contributed by atoms with van der Waals surface area (Å²) in [5, 5.41) is 6.98. The van der Waals surface area contributed by atoms with Crippen molar-refractivity contribution in [2.45, 2.75) is 52.1 Å². The van der Waals surface area contributed by atoms with Gasteiger partial charge in [-0.3, -0.25) is 0 Å². The molecule has 0 fully saturated rings. The van der Waals surface area contributed by atoms with E-state index in [9.17, 15) is 0 Å². The highest BCUT2D eigenvalue weighted by atomic mass is 16.5. The largest absolute Gasteiger partial charge is 0.385 e. The van der Waals surface area contributed by atoms with Crippen LogP contribution in [-0.4, -0.2) is 38.4 Å². The number of rotatable bonds is 8. The summed E-state index contributed by atoms with van der Waals surface area (Å²) in [4.78, 5) is 0. The summed E-state index contributed by atoms with van der Waals surface area (Å²) in [5.74, 6) is 0. The Balaban J connectivity index is 3.30. The average Bonchev–Trinajstić information content (AvgIpc) is 2.13. The van der Waals surface area contributed by atoms with Gasteiger partial charge in [-0.05, 0) is 47.1 Å². The summed E-state index contributed by atoms with van der Waals surface area (Å²) in [7, 11) is 1.75. The SMILES string of the molecule is COCCCCNC(C)CNC(C)(C)C. The summed E-state index contributed by atoms with van der Waals surface area (Å²) in [6, 6.07) is 0.534. The van der Waals surface area contributed by atoms with Gasteiger partial charge in [-0.15, -0.1) is 0 Å². The van der Waals surface area contributed by atoms with E-state index in [1.165, 1.54) is 6.42 Å². The molecule has 0 heterocycles. The minimum atomic E-state index is 0.214. The molecule has 1 atom stereocenters. The summed E-state index contributed by atoms with van der Waals surface area (Å²) < 4.78 is 5.00. The van der Waals surface area contributed by atoms with Crippen LogP contribution < -0.4 is 10.6 Å². The number of methoxy groups -OCH3 is 1. The molecule has 0 aromatic heterocycles. The Morgan fingerprint density at radius 1 is 1.20 bits per heavy atom. The molecule has 92 valence electrons. The Bertz CT molecular complexity index is 143. The van der Waals surface area contributed by atoms with Gasteiger partial charge in [-0.25, -0.2) is 0 Å². The zero-order chi connectivity index (χ0) is 11.7. The Morgan fingerprint density at radius 2 is 1.87 bits per heavy atom. The van der Waals surface area contributed by atoms with Crippen LogP contribution in [0.3, 0.4) is 0 Å². The lowest BCUT2D eigenvalue weighted by molar-refractivity contribution is 0.192.